The van der Waals surface area contributed by atoms with Gasteiger partial charge in [-0.05, 0) is 41.0 Å². The predicted molar refractivity (Wildman–Crippen MR) is 76.2 cm³/mol. The van der Waals surface area contributed by atoms with Crippen molar-refractivity contribution in [3.05, 3.63) is 53.6 Å². The molecule has 0 aliphatic rings. The van der Waals surface area contributed by atoms with Gasteiger partial charge < -0.3 is 4.74 Å². The largest absolute Gasteiger partial charge is 0.573 e. The van der Waals surface area contributed by atoms with E-state index < -0.39 is 23.9 Å². The molecule has 0 radical (unpaired) electrons. The Balaban J connectivity index is 2.40. The molecule has 0 bridgehead atoms. The summed E-state index contributed by atoms with van der Waals surface area (Å²) in [4.78, 5) is 0. The Morgan fingerprint density at radius 2 is 1.48 bits per heavy atom. The molecule has 0 N–H and O–H groups in total. The third kappa shape index (κ3) is 4.63. The van der Waals surface area contributed by atoms with E-state index in [1.807, 2.05) is 0 Å². The third-order valence-corrected chi connectivity index (χ3v) is 3.58. The maximum absolute atomic E-state index is 12.8. The monoisotopic (exact) mass is 398 g/mol. The van der Waals surface area contributed by atoms with Crippen LogP contribution in [-0.2, 0) is 11.5 Å². The summed E-state index contributed by atoms with van der Waals surface area (Å²) in [6.07, 6.45) is -9.32. The molecule has 0 unspecified atom stereocenters. The molecule has 8 heteroatoms. The number of hydrogen-bond donors (Lipinski definition) is 0. The quantitative estimate of drug-likeness (QED) is 0.444. The topological polar surface area (TPSA) is 9.23 Å². The summed E-state index contributed by atoms with van der Waals surface area (Å²) in [6.45, 7) is 0. The zero-order valence-corrected chi connectivity index (χ0v) is 12.9. The summed E-state index contributed by atoms with van der Waals surface area (Å²) in [5.41, 5.74) is 0.408. The van der Waals surface area contributed by atoms with Crippen molar-refractivity contribution in [3.63, 3.8) is 0 Å². The molecule has 124 valence electrons. The molecular formula is C15H9BrF6O. The highest BCUT2D eigenvalue weighted by molar-refractivity contribution is 9.08. The summed E-state index contributed by atoms with van der Waals surface area (Å²) in [7, 11) is 0. The van der Waals surface area contributed by atoms with Crippen molar-refractivity contribution in [3.8, 4) is 16.9 Å². The Labute approximate surface area is 136 Å². The van der Waals surface area contributed by atoms with Crippen LogP contribution in [0.5, 0.6) is 5.75 Å². The normalized spacial score (nSPS) is 12.3. The van der Waals surface area contributed by atoms with Crippen molar-refractivity contribution in [2.45, 2.75) is 17.9 Å². The van der Waals surface area contributed by atoms with Gasteiger partial charge in [-0.15, -0.1) is 13.2 Å². The minimum Gasteiger partial charge on any atom is -0.406 e. The maximum Gasteiger partial charge on any atom is 0.573 e. The molecule has 0 atom stereocenters. The van der Waals surface area contributed by atoms with E-state index in [-0.39, 0.29) is 5.56 Å². The fourth-order valence-electron chi connectivity index (χ4n) is 1.97. The Bertz CT molecular complexity index is 676. The van der Waals surface area contributed by atoms with Crippen LogP contribution in [0.4, 0.5) is 26.3 Å². The zero-order chi connectivity index (χ0) is 17.3. The van der Waals surface area contributed by atoms with Crippen LogP contribution in [0.3, 0.4) is 0 Å². The van der Waals surface area contributed by atoms with E-state index in [1.54, 1.807) is 0 Å². The first-order valence-electron chi connectivity index (χ1n) is 6.22. The number of ether oxygens (including phenoxy) is 1. The first-order chi connectivity index (χ1) is 10.6. The third-order valence-electron chi connectivity index (χ3n) is 2.98. The van der Waals surface area contributed by atoms with Crippen LogP contribution in [0.15, 0.2) is 42.5 Å². The van der Waals surface area contributed by atoms with Gasteiger partial charge >= 0.3 is 12.5 Å². The van der Waals surface area contributed by atoms with Gasteiger partial charge in [-0.1, -0.05) is 34.1 Å². The Morgan fingerprint density at radius 3 is 1.96 bits per heavy atom. The second kappa shape index (κ2) is 6.43. The minimum atomic E-state index is -4.82. The SMILES string of the molecule is FC(F)(F)Oc1ccc(-c2cc(C(F)(F)F)ccc2CBr)cc1. The molecule has 2 aromatic carbocycles. The lowest BCUT2D eigenvalue weighted by atomic mass is 9.98. The molecule has 0 aliphatic heterocycles. The Morgan fingerprint density at radius 1 is 0.870 bits per heavy atom. The van der Waals surface area contributed by atoms with Gasteiger partial charge in [-0.25, -0.2) is 0 Å². The average Bonchev–Trinajstić information content (AvgIpc) is 2.45. The van der Waals surface area contributed by atoms with Gasteiger partial charge in [0.25, 0.3) is 0 Å². The molecular weight excluding hydrogens is 390 g/mol. The number of benzene rings is 2. The van der Waals surface area contributed by atoms with E-state index in [9.17, 15) is 26.3 Å². The lowest BCUT2D eigenvalue weighted by Gasteiger charge is -2.14. The van der Waals surface area contributed by atoms with Crippen LogP contribution in [-0.4, -0.2) is 6.36 Å². The summed E-state index contributed by atoms with van der Waals surface area (Å²) < 4.78 is 78.5. The average molecular weight is 399 g/mol. The van der Waals surface area contributed by atoms with Crippen molar-refractivity contribution in [1.29, 1.82) is 0 Å². The van der Waals surface area contributed by atoms with Gasteiger partial charge in [0.05, 0.1) is 5.56 Å². The molecule has 2 aromatic rings. The van der Waals surface area contributed by atoms with Crippen molar-refractivity contribution in [2.75, 3.05) is 0 Å². The van der Waals surface area contributed by atoms with E-state index in [2.05, 4.69) is 20.7 Å². The van der Waals surface area contributed by atoms with E-state index >= 15 is 0 Å². The fourth-order valence-corrected chi connectivity index (χ4v) is 2.46. The van der Waals surface area contributed by atoms with Crippen molar-refractivity contribution in [1.82, 2.24) is 0 Å². The number of alkyl halides is 7. The number of hydrogen-bond acceptors (Lipinski definition) is 1. The van der Waals surface area contributed by atoms with Crippen LogP contribution < -0.4 is 4.74 Å². The highest BCUT2D eigenvalue weighted by Crippen LogP contribution is 2.35. The van der Waals surface area contributed by atoms with Gasteiger partial charge in [0.15, 0.2) is 0 Å². The van der Waals surface area contributed by atoms with Crippen molar-refractivity contribution >= 4 is 15.9 Å². The first kappa shape index (κ1) is 17.7. The van der Waals surface area contributed by atoms with E-state index in [0.29, 0.717) is 16.5 Å². The molecule has 0 spiro atoms. The fraction of sp³-hybridized carbons (Fsp3) is 0.200. The molecule has 0 amide bonds. The maximum atomic E-state index is 12.8. The molecule has 1 nitrogen and oxygen atoms in total. The lowest BCUT2D eigenvalue weighted by Crippen LogP contribution is -2.16. The lowest BCUT2D eigenvalue weighted by molar-refractivity contribution is -0.274. The molecule has 2 rings (SSSR count). The van der Waals surface area contributed by atoms with E-state index in [0.717, 1.165) is 24.3 Å². The summed E-state index contributed by atoms with van der Waals surface area (Å²) in [5, 5.41) is 0.307. The first-order valence-corrected chi connectivity index (χ1v) is 7.34. The van der Waals surface area contributed by atoms with Gasteiger partial charge in [-0.2, -0.15) is 13.2 Å². The van der Waals surface area contributed by atoms with Crippen LogP contribution >= 0.6 is 15.9 Å². The summed E-state index contributed by atoms with van der Waals surface area (Å²) in [6, 6.07) is 7.93. The molecule has 0 fully saturated rings. The van der Waals surface area contributed by atoms with E-state index in [1.165, 1.54) is 18.2 Å². The van der Waals surface area contributed by atoms with Crippen molar-refractivity contribution in [2.24, 2.45) is 0 Å². The molecule has 0 saturated heterocycles. The zero-order valence-electron chi connectivity index (χ0n) is 11.3. The summed E-state index contributed by atoms with van der Waals surface area (Å²) in [5.74, 6) is -0.436. The summed E-state index contributed by atoms with van der Waals surface area (Å²) >= 11 is 3.18. The van der Waals surface area contributed by atoms with Crippen LogP contribution in [0, 0.1) is 0 Å². The molecule has 0 aromatic heterocycles. The predicted octanol–water partition coefficient (Wildman–Crippen LogP) is 6.17. The molecule has 0 aliphatic carbocycles. The van der Waals surface area contributed by atoms with Crippen LogP contribution in [0.2, 0.25) is 0 Å². The van der Waals surface area contributed by atoms with Gasteiger partial charge in [-0.3, -0.25) is 0 Å². The minimum absolute atomic E-state index is 0.287. The second-order valence-electron chi connectivity index (χ2n) is 4.58. The van der Waals surface area contributed by atoms with Crippen LogP contribution in [0.1, 0.15) is 11.1 Å². The van der Waals surface area contributed by atoms with E-state index in [4.69, 9.17) is 0 Å². The van der Waals surface area contributed by atoms with Gasteiger partial charge in [0, 0.05) is 5.33 Å². The Kier molecular flexibility index (Phi) is 4.93. The highest BCUT2D eigenvalue weighted by Gasteiger charge is 2.32. The van der Waals surface area contributed by atoms with Crippen molar-refractivity contribution < 1.29 is 31.1 Å². The second-order valence-corrected chi connectivity index (χ2v) is 5.14. The molecule has 0 saturated carbocycles. The Hall–Kier alpha value is -1.70. The standard InChI is InChI=1S/C15H9BrF6O/c16-8-10-1-4-11(14(17,18)19)7-13(10)9-2-5-12(6-3-9)23-15(20,21)22/h1-7H,8H2. The molecule has 0 heterocycles. The number of halogens is 7. The highest BCUT2D eigenvalue weighted by atomic mass is 79.9. The van der Waals surface area contributed by atoms with Crippen LogP contribution in [0.25, 0.3) is 11.1 Å². The van der Waals surface area contributed by atoms with Gasteiger partial charge in [0.2, 0.25) is 0 Å². The number of rotatable bonds is 3. The van der Waals surface area contributed by atoms with Gasteiger partial charge in [0.1, 0.15) is 5.75 Å². The molecule has 23 heavy (non-hydrogen) atoms. The smallest absolute Gasteiger partial charge is 0.406 e.